The predicted molar refractivity (Wildman–Crippen MR) is 35.8 cm³/mol. The van der Waals surface area contributed by atoms with Crippen molar-refractivity contribution in [1.82, 2.24) is 5.43 Å². The Labute approximate surface area is 55.5 Å². The van der Waals surface area contributed by atoms with Crippen LogP contribution in [-0.4, -0.2) is 18.8 Å². The molecule has 3 heteroatoms. The summed E-state index contributed by atoms with van der Waals surface area (Å²) in [5, 5.41) is 0. The first-order valence-corrected chi connectivity index (χ1v) is 3.34. The molecule has 1 unspecified atom stereocenters. The molecule has 1 rings (SSSR count). The van der Waals surface area contributed by atoms with E-state index < -0.39 is 0 Å². The van der Waals surface area contributed by atoms with Crippen molar-refractivity contribution in [1.29, 1.82) is 0 Å². The first-order valence-electron chi connectivity index (χ1n) is 3.34. The molecule has 0 aromatic carbocycles. The van der Waals surface area contributed by atoms with Gasteiger partial charge in [-0.2, -0.15) is 0 Å². The van der Waals surface area contributed by atoms with Crippen molar-refractivity contribution in [2.24, 2.45) is 5.84 Å². The highest BCUT2D eigenvalue weighted by Gasteiger charge is 2.28. The molecular formula is C6H14N2O. The molecule has 0 amide bonds. The first-order chi connectivity index (χ1) is 4.27. The normalized spacial score (nSPS) is 35.3. The van der Waals surface area contributed by atoms with Gasteiger partial charge in [-0.1, -0.05) is 0 Å². The maximum Gasteiger partial charge on any atom is 0.0792 e. The fourth-order valence-electron chi connectivity index (χ4n) is 1.19. The van der Waals surface area contributed by atoms with Gasteiger partial charge in [0.05, 0.1) is 5.60 Å². The SMILES string of the molecule is CC1(CNN)CCCO1. The van der Waals surface area contributed by atoms with Crippen LogP contribution in [0.3, 0.4) is 0 Å². The van der Waals surface area contributed by atoms with E-state index in [1.165, 1.54) is 0 Å². The smallest absolute Gasteiger partial charge is 0.0792 e. The van der Waals surface area contributed by atoms with Gasteiger partial charge in [-0.3, -0.25) is 11.3 Å². The summed E-state index contributed by atoms with van der Waals surface area (Å²) in [5.74, 6) is 5.16. The molecule has 0 bridgehead atoms. The van der Waals surface area contributed by atoms with Crippen LogP contribution in [0, 0.1) is 0 Å². The minimum Gasteiger partial charge on any atom is -0.374 e. The van der Waals surface area contributed by atoms with E-state index in [-0.39, 0.29) is 5.60 Å². The average molecular weight is 130 g/mol. The molecule has 1 heterocycles. The molecule has 1 aliphatic rings. The highest BCUT2D eigenvalue weighted by Crippen LogP contribution is 2.23. The molecule has 1 saturated heterocycles. The number of nitrogens with two attached hydrogens (primary N) is 1. The molecule has 1 aliphatic heterocycles. The average Bonchev–Trinajstić information content (AvgIpc) is 2.16. The molecule has 0 saturated carbocycles. The van der Waals surface area contributed by atoms with Crippen molar-refractivity contribution >= 4 is 0 Å². The van der Waals surface area contributed by atoms with Crippen LogP contribution in [0.4, 0.5) is 0 Å². The Hall–Kier alpha value is -0.120. The zero-order valence-corrected chi connectivity index (χ0v) is 5.81. The lowest BCUT2D eigenvalue weighted by atomic mass is 10.0. The van der Waals surface area contributed by atoms with Gasteiger partial charge in [0.15, 0.2) is 0 Å². The number of hydrogen-bond donors (Lipinski definition) is 2. The standard InChI is InChI=1S/C6H14N2O/c1-6(5-8-7)3-2-4-9-6/h8H,2-5,7H2,1H3. The Morgan fingerprint density at radius 2 is 2.56 bits per heavy atom. The van der Waals surface area contributed by atoms with E-state index in [1.54, 1.807) is 0 Å². The maximum absolute atomic E-state index is 5.44. The Bertz CT molecular complexity index is 89.1. The van der Waals surface area contributed by atoms with E-state index in [0.29, 0.717) is 0 Å². The van der Waals surface area contributed by atoms with Crippen LogP contribution in [-0.2, 0) is 4.74 Å². The number of hydrazine groups is 1. The van der Waals surface area contributed by atoms with Gasteiger partial charge in [-0.05, 0) is 19.8 Å². The number of rotatable bonds is 2. The lowest BCUT2D eigenvalue weighted by Crippen LogP contribution is -2.40. The van der Waals surface area contributed by atoms with Gasteiger partial charge in [0, 0.05) is 13.2 Å². The molecule has 54 valence electrons. The summed E-state index contributed by atoms with van der Waals surface area (Å²) in [4.78, 5) is 0. The number of nitrogens with one attached hydrogen (secondary N) is 1. The minimum absolute atomic E-state index is 0.00868. The van der Waals surface area contributed by atoms with Crippen molar-refractivity contribution in [3.63, 3.8) is 0 Å². The maximum atomic E-state index is 5.44. The Morgan fingerprint density at radius 3 is 3.00 bits per heavy atom. The van der Waals surface area contributed by atoms with E-state index in [9.17, 15) is 0 Å². The van der Waals surface area contributed by atoms with Gasteiger partial charge >= 0.3 is 0 Å². The van der Waals surface area contributed by atoms with Gasteiger partial charge < -0.3 is 4.74 Å². The van der Waals surface area contributed by atoms with Gasteiger partial charge in [0.25, 0.3) is 0 Å². The van der Waals surface area contributed by atoms with Crippen LogP contribution < -0.4 is 11.3 Å². The van der Waals surface area contributed by atoms with Crippen molar-refractivity contribution in [3.8, 4) is 0 Å². The molecule has 1 atom stereocenters. The molecule has 0 spiro atoms. The fourth-order valence-corrected chi connectivity index (χ4v) is 1.19. The quantitative estimate of drug-likeness (QED) is 0.409. The summed E-state index contributed by atoms with van der Waals surface area (Å²) < 4.78 is 5.44. The van der Waals surface area contributed by atoms with Crippen LogP contribution in [0.1, 0.15) is 19.8 Å². The first kappa shape index (κ1) is 6.99. The summed E-state index contributed by atoms with van der Waals surface area (Å²) in [6.45, 7) is 3.73. The second-order valence-corrected chi connectivity index (χ2v) is 2.78. The largest absolute Gasteiger partial charge is 0.374 e. The molecule has 0 aromatic rings. The van der Waals surface area contributed by atoms with Crippen LogP contribution in [0.25, 0.3) is 0 Å². The molecule has 0 aromatic heterocycles. The fraction of sp³-hybridized carbons (Fsp3) is 1.00. The summed E-state index contributed by atoms with van der Waals surface area (Å²) in [5.41, 5.74) is 2.63. The molecule has 3 N–H and O–H groups in total. The van der Waals surface area contributed by atoms with Crippen molar-refractivity contribution in [2.45, 2.75) is 25.4 Å². The topological polar surface area (TPSA) is 47.3 Å². The highest BCUT2D eigenvalue weighted by molar-refractivity contribution is 4.80. The number of hydrogen-bond acceptors (Lipinski definition) is 3. The molecular weight excluding hydrogens is 116 g/mol. The van der Waals surface area contributed by atoms with Crippen LogP contribution in [0.2, 0.25) is 0 Å². The summed E-state index contributed by atoms with van der Waals surface area (Å²) in [6.07, 6.45) is 2.29. The van der Waals surface area contributed by atoms with E-state index in [0.717, 1.165) is 26.0 Å². The second-order valence-electron chi connectivity index (χ2n) is 2.78. The Balaban J connectivity index is 2.32. The van der Waals surface area contributed by atoms with Crippen molar-refractivity contribution in [3.05, 3.63) is 0 Å². The molecule has 9 heavy (non-hydrogen) atoms. The molecule has 1 fully saturated rings. The van der Waals surface area contributed by atoms with Crippen molar-refractivity contribution < 1.29 is 4.74 Å². The van der Waals surface area contributed by atoms with Crippen LogP contribution >= 0.6 is 0 Å². The van der Waals surface area contributed by atoms with E-state index >= 15 is 0 Å². The summed E-state index contributed by atoms with van der Waals surface area (Å²) >= 11 is 0. The predicted octanol–water partition coefficient (Wildman–Crippen LogP) is 0.0188. The Kier molecular flexibility index (Phi) is 2.05. The van der Waals surface area contributed by atoms with E-state index in [4.69, 9.17) is 10.6 Å². The van der Waals surface area contributed by atoms with E-state index in [1.807, 2.05) is 0 Å². The molecule has 0 aliphatic carbocycles. The lowest BCUT2D eigenvalue weighted by Gasteiger charge is -2.21. The van der Waals surface area contributed by atoms with Gasteiger partial charge in [-0.25, -0.2) is 0 Å². The van der Waals surface area contributed by atoms with Gasteiger partial charge in [0.1, 0.15) is 0 Å². The van der Waals surface area contributed by atoms with Crippen LogP contribution in [0.5, 0.6) is 0 Å². The third-order valence-corrected chi connectivity index (χ3v) is 1.78. The summed E-state index contributed by atoms with van der Waals surface area (Å²) in [6, 6.07) is 0. The highest BCUT2D eigenvalue weighted by atomic mass is 16.5. The van der Waals surface area contributed by atoms with Gasteiger partial charge in [-0.15, -0.1) is 0 Å². The summed E-state index contributed by atoms with van der Waals surface area (Å²) in [7, 11) is 0. The molecule has 3 nitrogen and oxygen atoms in total. The van der Waals surface area contributed by atoms with Gasteiger partial charge in [0.2, 0.25) is 0 Å². The number of ether oxygens (including phenoxy) is 1. The van der Waals surface area contributed by atoms with E-state index in [2.05, 4.69) is 12.3 Å². The van der Waals surface area contributed by atoms with Crippen LogP contribution in [0.15, 0.2) is 0 Å². The third kappa shape index (κ3) is 1.64. The zero-order chi connectivity index (χ0) is 6.74. The lowest BCUT2D eigenvalue weighted by molar-refractivity contribution is 0.0211. The zero-order valence-electron chi connectivity index (χ0n) is 5.81. The van der Waals surface area contributed by atoms with Crippen molar-refractivity contribution in [2.75, 3.05) is 13.2 Å². The molecule has 0 radical (unpaired) electrons. The monoisotopic (exact) mass is 130 g/mol. The second kappa shape index (κ2) is 2.64. The third-order valence-electron chi connectivity index (χ3n) is 1.78. The Morgan fingerprint density at radius 1 is 1.78 bits per heavy atom. The minimum atomic E-state index is 0.00868.